The van der Waals surface area contributed by atoms with E-state index in [-0.39, 0.29) is 27.7 Å². The molecule has 4 aromatic rings. The summed E-state index contributed by atoms with van der Waals surface area (Å²) in [6.45, 7) is 5.73. The molecule has 0 aliphatic carbocycles. The van der Waals surface area contributed by atoms with Gasteiger partial charge in [0.15, 0.2) is 11.4 Å². The number of nitrogens with zero attached hydrogens (tertiary/aromatic N) is 3. The summed E-state index contributed by atoms with van der Waals surface area (Å²) in [6.07, 6.45) is 0. The second-order valence-electron chi connectivity index (χ2n) is 7.89. The van der Waals surface area contributed by atoms with E-state index in [9.17, 15) is 19.8 Å². The van der Waals surface area contributed by atoms with E-state index in [0.29, 0.717) is 16.8 Å². The molecule has 34 heavy (non-hydrogen) atoms. The number of phenols is 1. The zero-order valence-corrected chi connectivity index (χ0v) is 19.4. The fourth-order valence-corrected chi connectivity index (χ4v) is 3.77. The number of carboxylic acids is 1. The van der Waals surface area contributed by atoms with Crippen LogP contribution >= 0.6 is 11.6 Å². The van der Waals surface area contributed by atoms with Crippen LogP contribution in [0.3, 0.4) is 0 Å². The Bertz CT molecular complexity index is 1520. The highest BCUT2D eigenvalue weighted by molar-refractivity contribution is 6.31. The lowest BCUT2D eigenvalue weighted by Gasteiger charge is -2.09. The van der Waals surface area contributed by atoms with Crippen molar-refractivity contribution in [2.24, 2.45) is 10.2 Å². The van der Waals surface area contributed by atoms with Crippen LogP contribution in [0.5, 0.6) is 5.75 Å². The Morgan fingerprint density at radius 1 is 1.00 bits per heavy atom. The average molecular weight is 477 g/mol. The van der Waals surface area contributed by atoms with Crippen LogP contribution in [0, 0.1) is 20.8 Å². The molecule has 0 aliphatic rings. The van der Waals surface area contributed by atoms with Gasteiger partial charge in [0.1, 0.15) is 5.69 Å². The number of carbonyl (C=O) groups is 1. The molecule has 0 unspecified atom stereocenters. The minimum Gasteiger partial charge on any atom is -0.505 e. The minimum atomic E-state index is -1.09. The molecule has 0 amide bonds. The van der Waals surface area contributed by atoms with E-state index in [1.54, 1.807) is 23.7 Å². The number of hydrogen-bond acceptors (Lipinski definition) is 5. The third-order valence-corrected chi connectivity index (χ3v) is 5.81. The quantitative estimate of drug-likeness (QED) is 0.295. The first kappa shape index (κ1) is 23.0. The Balaban J connectivity index is 1.75. The lowest BCUT2D eigenvalue weighted by molar-refractivity contribution is 0.0697. The number of carboxylic acid groups (broad SMARTS) is 1. The summed E-state index contributed by atoms with van der Waals surface area (Å²) < 4.78 is 1.63. The van der Waals surface area contributed by atoms with Gasteiger partial charge in [-0.3, -0.25) is 14.6 Å². The Hall–Kier alpha value is -4.17. The van der Waals surface area contributed by atoms with E-state index in [0.717, 1.165) is 16.8 Å². The third kappa shape index (κ3) is 4.35. The normalized spacial score (nSPS) is 11.3. The van der Waals surface area contributed by atoms with Crippen molar-refractivity contribution in [3.8, 4) is 22.6 Å². The highest BCUT2D eigenvalue weighted by atomic mass is 35.5. The highest BCUT2D eigenvalue weighted by Crippen LogP contribution is 2.41. The molecule has 0 atom stereocenters. The maximum absolute atomic E-state index is 12.6. The molecule has 0 spiro atoms. The van der Waals surface area contributed by atoms with E-state index < -0.39 is 11.5 Å². The maximum Gasteiger partial charge on any atom is 0.335 e. The van der Waals surface area contributed by atoms with Crippen LogP contribution in [-0.4, -0.2) is 26.0 Å². The molecule has 0 bridgehead atoms. The van der Waals surface area contributed by atoms with Gasteiger partial charge in [-0.15, -0.1) is 10.2 Å². The lowest BCUT2D eigenvalue weighted by atomic mass is 10.0. The van der Waals surface area contributed by atoms with Crippen LogP contribution < -0.4 is 5.56 Å². The number of aromatic hydroxyl groups is 1. The Labute approximate surface area is 199 Å². The van der Waals surface area contributed by atoms with Crippen molar-refractivity contribution < 1.29 is 15.0 Å². The van der Waals surface area contributed by atoms with Gasteiger partial charge in [0.2, 0.25) is 0 Å². The van der Waals surface area contributed by atoms with E-state index in [4.69, 9.17) is 11.6 Å². The van der Waals surface area contributed by atoms with Crippen LogP contribution in [0.15, 0.2) is 69.6 Å². The van der Waals surface area contributed by atoms with Crippen molar-refractivity contribution >= 4 is 28.9 Å². The molecule has 3 N–H and O–H groups in total. The monoisotopic (exact) mass is 476 g/mol. The number of nitrogens with one attached hydrogen (secondary N) is 1. The van der Waals surface area contributed by atoms with Crippen LogP contribution in [-0.2, 0) is 0 Å². The fraction of sp³-hybridized carbons (Fsp3) is 0.120. The number of benzene rings is 3. The number of rotatable bonds is 5. The molecule has 4 rings (SSSR count). The third-order valence-electron chi connectivity index (χ3n) is 5.59. The first-order valence-electron chi connectivity index (χ1n) is 10.3. The zero-order chi connectivity index (χ0) is 24.6. The van der Waals surface area contributed by atoms with Gasteiger partial charge in [-0.1, -0.05) is 29.8 Å². The van der Waals surface area contributed by atoms with E-state index >= 15 is 0 Å². The van der Waals surface area contributed by atoms with Crippen LogP contribution in [0.25, 0.3) is 16.8 Å². The Morgan fingerprint density at radius 3 is 2.47 bits per heavy atom. The number of aromatic nitrogens is 2. The van der Waals surface area contributed by atoms with Gasteiger partial charge in [0, 0.05) is 10.6 Å². The highest BCUT2D eigenvalue weighted by Gasteiger charge is 2.16. The molecule has 3 aromatic carbocycles. The van der Waals surface area contributed by atoms with E-state index in [1.165, 1.54) is 24.3 Å². The van der Waals surface area contributed by atoms with Gasteiger partial charge >= 0.3 is 5.97 Å². The topological polar surface area (TPSA) is 120 Å². The van der Waals surface area contributed by atoms with Crippen LogP contribution in [0.2, 0.25) is 5.02 Å². The number of aryl methyl sites for hydroxylation is 2. The smallest absolute Gasteiger partial charge is 0.335 e. The summed E-state index contributed by atoms with van der Waals surface area (Å²) in [5, 5.41) is 31.2. The molecule has 0 fully saturated rings. The summed E-state index contributed by atoms with van der Waals surface area (Å²) in [6, 6.07) is 14.8. The lowest BCUT2D eigenvalue weighted by Crippen LogP contribution is -2.04. The van der Waals surface area contributed by atoms with Crippen molar-refractivity contribution in [3.63, 3.8) is 0 Å². The average Bonchev–Trinajstić information content (AvgIpc) is 3.09. The van der Waals surface area contributed by atoms with Crippen molar-refractivity contribution in [2.45, 2.75) is 20.8 Å². The minimum absolute atomic E-state index is 0.0426. The van der Waals surface area contributed by atoms with Gasteiger partial charge in [-0.2, -0.15) is 0 Å². The van der Waals surface area contributed by atoms with E-state index in [2.05, 4.69) is 15.3 Å². The Morgan fingerprint density at radius 2 is 1.76 bits per heavy atom. The molecule has 0 saturated carbocycles. The molecule has 0 saturated heterocycles. The van der Waals surface area contributed by atoms with Gasteiger partial charge < -0.3 is 10.2 Å². The molecule has 9 heteroatoms. The van der Waals surface area contributed by atoms with Crippen molar-refractivity contribution in [3.05, 3.63) is 92.4 Å². The first-order chi connectivity index (χ1) is 16.2. The van der Waals surface area contributed by atoms with Gasteiger partial charge in [-0.25, -0.2) is 4.79 Å². The summed E-state index contributed by atoms with van der Waals surface area (Å²) >= 11 is 6.23. The molecule has 1 heterocycles. The first-order valence-corrected chi connectivity index (χ1v) is 10.7. The summed E-state index contributed by atoms with van der Waals surface area (Å²) in [5.41, 5.74) is 4.06. The second kappa shape index (κ2) is 8.99. The zero-order valence-electron chi connectivity index (χ0n) is 18.6. The number of hydrogen-bond donors (Lipinski definition) is 3. The maximum atomic E-state index is 12.6. The molecule has 8 nitrogen and oxygen atoms in total. The molecular formula is C25H21ClN4O4. The summed E-state index contributed by atoms with van der Waals surface area (Å²) in [5.74, 6) is -1.33. The number of H-pyrrole nitrogens is 1. The molecule has 1 aromatic heterocycles. The predicted octanol–water partition coefficient (Wildman–Crippen LogP) is 6.23. The predicted molar refractivity (Wildman–Crippen MR) is 130 cm³/mol. The van der Waals surface area contributed by atoms with Gasteiger partial charge in [0.25, 0.3) is 5.56 Å². The number of aromatic amines is 1. The number of halogens is 1. The Kier molecular flexibility index (Phi) is 6.08. The molecular weight excluding hydrogens is 456 g/mol. The largest absolute Gasteiger partial charge is 0.505 e. The SMILES string of the molecule is Cc1ccc(-n2[nH]c(=O)c(N=Nc3cc(Cl)cc(-c4cccc(C(=O)O)c4)c3O)c2C)cc1C. The van der Waals surface area contributed by atoms with Gasteiger partial charge in [-0.05, 0) is 73.9 Å². The van der Waals surface area contributed by atoms with Gasteiger partial charge in [0.05, 0.1) is 16.9 Å². The standard InChI is InChI=1S/C25H21ClN4O4/c1-13-7-8-19(9-14(13)2)30-15(3)22(24(32)29-30)28-27-21-12-18(26)11-20(23(21)31)16-5-4-6-17(10-16)25(33)34/h4-12,31H,1-3H3,(H,29,32)(H,33,34). The number of phenolic OH excluding ortho intramolecular Hbond substituents is 1. The molecule has 172 valence electrons. The number of azo groups is 1. The summed E-state index contributed by atoms with van der Waals surface area (Å²) in [7, 11) is 0. The molecule has 0 aliphatic heterocycles. The molecule has 0 radical (unpaired) electrons. The van der Waals surface area contributed by atoms with Crippen molar-refractivity contribution in [2.75, 3.05) is 0 Å². The van der Waals surface area contributed by atoms with E-state index in [1.807, 2.05) is 32.0 Å². The second-order valence-corrected chi connectivity index (χ2v) is 8.32. The van der Waals surface area contributed by atoms with Crippen molar-refractivity contribution in [1.82, 2.24) is 9.78 Å². The van der Waals surface area contributed by atoms with Crippen LogP contribution in [0.1, 0.15) is 27.2 Å². The summed E-state index contributed by atoms with van der Waals surface area (Å²) in [4.78, 5) is 23.9. The fourth-order valence-electron chi connectivity index (χ4n) is 3.55. The van der Waals surface area contributed by atoms with Crippen LogP contribution in [0.4, 0.5) is 11.4 Å². The number of aromatic carboxylic acids is 1. The van der Waals surface area contributed by atoms with Crippen molar-refractivity contribution in [1.29, 1.82) is 0 Å².